The van der Waals surface area contributed by atoms with Crippen LogP contribution < -0.4 is 0 Å². The van der Waals surface area contributed by atoms with Crippen LogP contribution in [0.3, 0.4) is 0 Å². The van der Waals surface area contributed by atoms with Crippen molar-refractivity contribution in [1.29, 1.82) is 0 Å². The van der Waals surface area contributed by atoms with Gasteiger partial charge in [0.05, 0.1) is 11.4 Å². The van der Waals surface area contributed by atoms with Gasteiger partial charge >= 0.3 is 6.18 Å². The molecule has 0 fully saturated rings. The molecule has 0 saturated heterocycles. The Labute approximate surface area is 124 Å². The topological polar surface area (TPSA) is 30.0 Å². The molecule has 1 aromatic carbocycles. The molecule has 1 aromatic heterocycles. The van der Waals surface area contributed by atoms with Crippen molar-refractivity contribution in [2.75, 3.05) is 5.88 Å². The number of rotatable bonds is 4. The van der Waals surface area contributed by atoms with Gasteiger partial charge in [0.1, 0.15) is 5.69 Å². The highest BCUT2D eigenvalue weighted by Crippen LogP contribution is 2.30. The lowest BCUT2D eigenvalue weighted by Gasteiger charge is -2.10. The summed E-state index contributed by atoms with van der Waals surface area (Å²) in [7, 11) is 0. The maximum absolute atomic E-state index is 12.7. The normalized spacial score (nSPS) is 11.4. The van der Waals surface area contributed by atoms with Crippen molar-refractivity contribution >= 4 is 17.4 Å². The van der Waals surface area contributed by atoms with Crippen LogP contribution in [0.15, 0.2) is 42.6 Å². The number of ketones is 1. The van der Waals surface area contributed by atoms with Crippen molar-refractivity contribution in [3.05, 3.63) is 65.0 Å². The maximum atomic E-state index is 12.7. The Morgan fingerprint density at radius 3 is 2.62 bits per heavy atom. The number of pyridine rings is 1. The van der Waals surface area contributed by atoms with Gasteiger partial charge in [-0.15, -0.1) is 11.6 Å². The van der Waals surface area contributed by atoms with E-state index in [1.54, 1.807) is 18.2 Å². The Morgan fingerprint density at radius 2 is 1.95 bits per heavy atom. The molecule has 0 saturated carbocycles. The van der Waals surface area contributed by atoms with E-state index in [0.717, 1.165) is 12.1 Å². The van der Waals surface area contributed by atoms with E-state index in [-0.39, 0.29) is 23.8 Å². The molecule has 0 bridgehead atoms. The molecule has 0 aliphatic rings. The van der Waals surface area contributed by atoms with Gasteiger partial charge in [-0.25, -0.2) is 0 Å². The van der Waals surface area contributed by atoms with Crippen LogP contribution >= 0.6 is 11.6 Å². The lowest BCUT2D eigenvalue weighted by molar-refractivity contribution is -0.137. The van der Waals surface area contributed by atoms with Crippen LogP contribution in [0.25, 0.3) is 0 Å². The molecule has 110 valence electrons. The number of hydrogen-bond acceptors (Lipinski definition) is 2. The van der Waals surface area contributed by atoms with E-state index < -0.39 is 11.7 Å². The van der Waals surface area contributed by atoms with Crippen LogP contribution in [0, 0.1) is 0 Å². The molecule has 0 radical (unpaired) electrons. The van der Waals surface area contributed by atoms with E-state index in [1.165, 1.54) is 12.3 Å². The molecule has 0 unspecified atom stereocenters. The van der Waals surface area contributed by atoms with Gasteiger partial charge in [0.25, 0.3) is 0 Å². The smallest absolute Gasteiger partial charge is 0.291 e. The first-order valence-corrected chi connectivity index (χ1v) is 6.64. The zero-order valence-corrected chi connectivity index (χ0v) is 11.6. The maximum Gasteiger partial charge on any atom is 0.416 e. The minimum absolute atomic E-state index is 0.190. The fourth-order valence-electron chi connectivity index (χ4n) is 1.97. The first-order chi connectivity index (χ1) is 9.91. The summed E-state index contributed by atoms with van der Waals surface area (Å²) >= 11 is 5.51. The Kier molecular flexibility index (Phi) is 4.63. The molecule has 6 heteroatoms. The Bertz CT molecular complexity index is 655. The summed E-state index contributed by atoms with van der Waals surface area (Å²) in [5.74, 6) is -0.564. The fraction of sp³-hybridized carbons (Fsp3) is 0.200. The monoisotopic (exact) mass is 313 g/mol. The first-order valence-electron chi connectivity index (χ1n) is 6.11. The van der Waals surface area contributed by atoms with Crippen molar-refractivity contribution in [3.8, 4) is 0 Å². The van der Waals surface area contributed by atoms with Gasteiger partial charge in [-0.3, -0.25) is 9.78 Å². The Hall–Kier alpha value is -1.88. The largest absolute Gasteiger partial charge is 0.416 e. The molecule has 0 atom stereocenters. The fourth-order valence-corrected chi connectivity index (χ4v) is 2.10. The third-order valence-corrected chi connectivity index (χ3v) is 3.17. The molecular formula is C15H11ClF3NO. The number of carbonyl (C=O) groups is 1. The van der Waals surface area contributed by atoms with Gasteiger partial charge in [0.15, 0.2) is 5.78 Å². The number of benzene rings is 1. The highest BCUT2D eigenvalue weighted by Gasteiger charge is 2.30. The van der Waals surface area contributed by atoms with Crippen LogP contribution in [-0.2, 0) is 12.6 Å². The molecular weight excluding hydrogens is 303 g/mol. The second-order valence-electron chi connectivity index (χ2n) is 4.44. The first kappa shape index (κ1) is 15.5. The van der Waals surface area contributed by atoms with Crippen LogP contribution in [0.5, 0.6) is 0 Å². The number of nitrogens with zero attached hydrogens (tertiary/aromatic N) is 1. The zero-order chi connectivity index (χ0) is 15.5. The summed E-state index contributed by atoms with van der Waals surface area (Å²) in [5, 5.41) is 0. The van der Waals surface area contributed by atoms with E-state index in [1.807, 2.05) is 0 Å². The molecule has 0 aliphatic carbocycles. The lowest BCUT2D eigenvalue weighted by Crippen LogP contribution is -2.09. The predicted molar refractivity (Wildman–Crippen MR) is 73.5 cm³/mol. The molecule has 0 aliphatic heterocycles. The minimum Gasteiger partial charge on any atom is -0.291 e. The van der Waals surface area contributed by atoms with E-state index >= 15 is 0 Å². The summed E-state index contributed by atoms with van der Waals surface area (Å²) in [6.07, 6.45) is -2.75. The molecule has 2 nitrogen and oxygen atoms in total. The number of Topliss-reactive ketones (excluding diaryl/α,β-unsaturated/α-hetero) is 1. The second-order valence-corrected chi connectivity index (χ2v) is 4.71. The van der Waals surface area contributed by atoms with Crippen molar-refractivity contribution in [1.82, 2.24) is 4.98 Å². The number of hydrogen-bond donors (Lipinski definition) is 0. The highest BCUT2D eigenvalue weighted by molar-refractivity contribution is 6.30. The lowest BCUT2D eigenvalue weighted by atomic mass is 10.0. The zero-order valence-electron chi connectivity index (χ0n) is 10.8. The number of carbonyl (C=O) groups excluding carboxylic acids is 1. The van der Waals surface area contributed by atoms with Crippen LogP contribution in [-0.4, -0.2) is 16.6 Å². The Balaban J connectivity index is 2.33. The molecule has 21 heavy (non-hydrogen) atoms. The van der Waals surface area contributed by atoms with E-state index in [2.05, 4.69) is 4.98 Å². The molecule has 2 aromatic rings. The summed E-state index contributed by atoms with van der Waals surface area (Å²) < 4.78 is 38.1. The van der Waals surface area contributed by atoms with Crippen LogP contribution in [0.4, 0.5) is 13.2 Å². The average Bonchev–Trinajstić information content (AvgIpc) is 2.46. The van der Waals surface area contributed by atoms with Crippen molar-refractivity contribution < 1.29 is 18.0 Å². The van der Waals surface area contributed by atoms with Gasteiger partial charge in [0, 0.05) is 6.20 Å². The van der Waals surface area contributed by atoms with E-state index in [4.69, 9.17) is 11.6 Å². The number of aromatic nitrogens is 1. The predicted octanol–water partition coefficient (Wildman–Crippen LogP) is 4.11. The summed E-state index contributed by atoms with van der Waals surface area (Å²) in [4.78, 5) is 15.6. The number of alkyl halides is 4. The highest BCUT2D eigenvalue weighted by atomic mass is 35.5. The third kappa shape index (κ3) is 3.82. The minimum atomic E-state index is -4.39. The summed E-state index contributed by atoms with van der Waals surface area (Å²) in [5.41, 5.74) is 0.503. The summed E-state index contributed by atoms with van der Waals surface area (Å²) in [6.45, 7) is 0. The van der Waals surface area contributed by atoms with Crippen LogP contribution in [0.2, 0.25) is 0 Å². The molecule has 0 amide bonds. The van der Waals surface area contributed by atoms with Gasteiger partial charge in [-0.1, -0.05) is 24.3 Å². The van der Waals surface area contributed by atoms with E-state index in [0.29, 0.717) is 11.1 Å². The average molecular weight is 314 g/mol. The molecule has 1 heterocycles. The molecule has 0 spiro atoms. The van der Waals surface area contributed by atoms with Gasteiger partial charge in [0.2, 0.25) is 0 Å². The second kappa shape index (κ2) is 6.26. The molecule has 2 rings (SSSR count). The summed E-state index contributed by atoms with van der Waals surface area (Å²) in [6, 6.07) is 8.30. The standard InChI is InChI=1S/C15H11ClF3NO/c16-9-13(21)14-11(4-2-6-20-14)7-10-3-1-5-12(8-10)15(17,18)19/h1-6,8H,7,9H2. The van der Waals surface area contributed by atoms with E-state index in [9.17, 15) is 18.0 Å². The van der Waals surface area contributed by atoms with Crippen molar-refractivity contribution in [2.45, 2.75) is 12.6 Å². The number of halogens is 4. The Morgan fingerprint density at radius 1 is 1.19 bits per heavy atom. The van der Waals surface area contributed by atoms with Gasteiger partial charge in [-0.2, -0.15) is 13.2 Å². The van der Waals surface area contributed by atoms with Crippen molar-refractivity contribution in [3.63, 3.8) is 0 Å². The molecule has 0 N–H and O–H groups in total. The van der Waals surface area contributed by atoms with Crippen molar-refractivity contribution in [2.24, 2.45) is 0 Å². The third-order valence-electron chi connectivity index (χ3n) is 2.93. The van der Waals surface area contributed by atoms with Gasteiger partial charge < -0.3 is 0 Å². The van der Waals surface area contributed by atoms with Crippen LogP contribution in [0.1, 0.15) is 27.2 Å². The quantitative estimate of drug-likeness (QED) is 0.628. The SMILES string of the molecule is O=C(CCl)c1ncccc1Cc1cccc(C(F)(F)F)c1. The van der Waals surface area contributed by atoms with Gasteiger partial charge in [-0.05, 0) is 29.7 Å².